The fourth-order valence-electron chi connectivity index (χ4n) is 5.42. The predicted octanol–water partition coefficient (Wildman–Crippen LogP) is -1.62. The molecule has 5 N–H and O–H groups in total. The molecule has 0 aromatic carbocycles. The number of carbonyl (C=O) groups excluding carboxylic acids is 3. The molecule has 0 aromatic rings. The highest BCUT2D eigenvalue weighted by Gasteiger charge is 2.60. The number of carboxylic acids is 1. The third-order valence-corrected chi connectivity index (χ3v) is 8.69. The smallest absolute Gasteiger partial charge is 0.353 e. The van der Waals surface area contributed by atoms with E-state index >= 15 is 0 Å². The maximum absolute atomic E-state index is 13.1. The van der Waals surface area contributed by atoms with E-state index in [1.165, 1.54) is 16.7 Å². The number of carbonyl (C=O) groups is 4. The second kappa shape index (κ2) is 9.84. The van der Waals surface area contributed by atoms with Gasteiger partial charge >= 0.3 is 5.97 Å². The number of β-lactam (4-membered cyclic amide) rings is 1. The molecule has 11 nitrogen and oxygen atoms in total. The van der Waals surface area contributed by atoms with Gasteiger partial charge in [0.2, 0.25) is 17.7 Å². The number of amides is 3. The van der Waals surface area contributed by atoms with Crippen LogP contribution in [0.5, 0.6) is 0 Å². The minimum atomic E-state index is -1.12. The summed E-state index contributed by atoms with van der Waals surface area (Å²) in [7, 11) is 3.43. The molecule has 0 spiro atoms. The normalized spacial score (nSPS) is 33.9. The van der Waals surface area contributed by atoms with Crippen LogP contribution < -0.4 is 21.3 Å². The first-order valence-corrected chi connectivity index (χ1v) is 12.7. The molecule has 3 fully saturated rings. The van der Waals surface area contributed by atoms with Crippen molar-refractivity contribution in [1.82, 2.24) is 31.1 Å². The van der Waals surface area contributed by atoms with Gasteiger partial charge in [0.25, 0.3) is 0 Å². The van der Waals surface area contributed by atoms with Gasteiger partial charge in [0.05, 0.1) is 24.0 Å². The largest absolute Gasteiger partial charge is 0.477 e. The zero-order valence-corrected chi connectivity index (χ0v) is 20.8. The van der Waals surface area contributed by atoms with E-state index in [0.29, 0.717) is 31.0 Å². The van der Waals surface area contributed by atoms with Crippen molar-refractivity contribution in [3.63, 3.8) is 0 Å². The second-order valence-electron chi connectivity index (χ2n) is 9.71. The molecule has 4 rings (SSSR count). The van der Waals surface area contributed by atoms with Crippen LogP contribution in [-0.2, 0) is 19.2 Å². The lowest BCUT2D eigenvalue weighted by molar-refractivity contribution is -0.158. The zero-order chi connectivity index (χ0) is 24.7. The summed E-state index contributed by atoms with van der Waals surface area (Å²) in [5.41, 5.74) is 0.0443. The molecule has 12 heteroatoms. The van der Waals surface area contributed by atoms with E-state index in [0.717, 1.165) is 6.54 Å². The number of fused-ring (bicyclic) bond motifs is 1. The maximum Gasteiger partial charge on any atom is 0.353 e. The Morgan fingerprint density at radius 3 is 2.53 bits per heavy atom. The molecule has 0 aromatic heterocycles. The van der Waals surface area contributed by atoms with Gasteiger partial charge in [-0.15, -0.1) is 11.8 Å². The van der Waals surface area contributed by atoms with Crippen LogP contribution in [0.15, 0.2) is 10.6 Å². The number of likely N-dealkylation sites (N-methyl/N-ethyl adjacent to an activating group) is 1. The molecule has 0 bridgehead atoms. The van der Waals surface area contributed by atoms with Crippen LogP contribution >= 0.6 is 11.8 Å². The molecule has 188 valence electrons. The number of nitrogens with one attached hydrogen (secondary N) is 4. The van der Waals surface area contributed by atoms with Gasteiger partial charge in [-0.05, 0) is 13.3 Å². The molecule has 1 unspecified atom stereocenters. The van der Waals surface area contributed by atoms with E-state index in [2.05, 4.69) is 21.3 Å². The summed E-state index contributed by atoms with van der Waals surface area (Å²) in [6, 6.07) is -1.36. The average Bonchev–Trinajstić information content (AvgIpc) is 3.35. The first kappa shape index (κ1) is 25.0. The quantitative estimate of drug-likeness (QED) is 0.264. The predicted molar refractivity (Wildman–Crippen MR) is 127 cm³/mol. The summed E-state index contributed by atoms with van der Waals surface area (Å²) >= 11 is 1.46. The molecule has 0 aliphatic carbocycles. The Bertz CT molecular complexity index is 904. The lowest BCUT2D eigenvalue weighted by Gasteiger charge is -2.47. The van der Waals surface area contributed by atoms with E-state index in [1.807, 2.05) is 13.8 Å². The van der Waals surface area contributed by atoms with Crippen LogP contribution in [0.4, 0.5) is 0 Å². The molecule has 0 radical (unpaired) electrons. The van der Waals surface area contributed by atoms with E-state index in [4.69, 9.17) is 0 Å². The number of aliphatic carboxylic acids is 1. The van der Waals surface area contributed by atoms with Gasteiger partial charge < -0.3 is 36.2 Å². The molecule has 7 atom stereocenters. The Kier molecular flexibility index (Phi) is 7.22. The number of thioether (sulfide) groups is 1. The van der Waals surface area contributed by atoms with Crippen LogP contribution in [0.1, 0.15) is 20.3 Å². The number of hydrogen-bond donors (Lipinski definition) is 5. The number of carboxylic acid groups (broad SMARTS) is 1. The molecule has 4 heterocycles. The molecule has 4 aliphatic heterocycles. The lowest BCUT2D eigenvalue weighted by atomic mass is 9.78. The van der Waals surface area contributed by atoms with Crippen LogP contribution in [-0.4, -0.2) is 108 Å². The zero-order valence-electron chi connectivity index (χ0n) is 20.0. The van der Waals surface area contributed by atoms with Crippen molar-refractivity contribution < 1.29 is 24.3 Å². The first-order chi connectivity index (χ1) is 16.1. The second-order valence-corrected chi connectivity index (χ2v) is 11.1. The van der Waals surface area contributed by atoms with Gasteiger partial charge in [-0.2, -0.15) is 0 Å². The summed E-state index contributed by atoms with van der Waals surface area (Å²) in [5, 5.41) is 22.5. The van der Waals surface area contributed by atoms with E-state index in [1.54, 1.807) is 19.0 Å². The van der Waals surface area contributed by atoms with Crippen LogP contribution in [0.2, 0.25) is 0 Å². The third kappa shape index (κ3) is 4.43. The van der Waals surface area contributed by atoms with Crippen molar-refractivity contribution in [2.45, 2.75) is 49.7 Å². The van der Waals surface area contributed by atoms with Crippen molar-refractivity contribution in [2.24, 2.45) is 11.8 Å². The number of piperazine rings is 1. The Morgan fingerprint density at radius 2 is 1.91 bits per heavy atom. The highest BCUT2D eigenvalue weighted by molar-refractivity contribution is 8.03. The Balaban J connectivity index is 1.44. The topological polar surface area (TPSA) is 143 Å². The van der Waals surface area contributed by atoms with Crippen molar-refractivity contribution in [2.75, 3.05) is 40.3 Å². The van der Waals surface area contributed by atoms with Crippen molar-refractivity contribution >= 4 is 35.5 Å². The maximum atomic E-state index is 13.1. The minimum absolute atomic E-state index is 0.00120. The molecular weight excluding hydrogens is 460 g/mol. The average molecular weight is 495 g/mol. The number of nitrogens with zero attached hydrogens (tertiary/aromatic N) is 2. The van der Waals surface area contributed by atoms with Crippen molar-refractivity contribution in [1.29, 1.82) is 0 Å². The van der Waals surface area contributed by atoms with Gasteiger partial charge in [0, 0.05) is 62.4 Å². The van der Waals surface area contributed by atoms with Gasteiger partial charge in [-0.3, -0.25) is 14.4 Å². The molecule has 34 heavy (non-hydrogen) atoms. The summed E-state index contributed by atoms with van der Waals surface area (Å²) in [6.07, 6.45) is 0.599. The van der Waals surface area contributed by atoms with Crippen molar-refractivity contribution in [3.8, 4) is 0 Å². The molecule has 3 saturated heterocycles. The highest BCUT2D eigenvalue weighted by Crippen LogP contribution is 2.51. The Hall–Kier alpha value is -2.15. The summed E-state index contributed by atoms with van der Waals surface area (Å²) < 4.78 is 0. The van der Waals surface area contributed by atoms with Crippen LogP contribution in [0.25, 0.3) is 0 Å². The Morgan fingerprint density at radius 1 is 1.18 bits per heavy atom. The molecule has 3 amide bonds. The molecular formula is C22H34N6O5S. The fraction of sp³-hybridized carbons (Fsp3) is 0.727. The summed E-state index contributed by atoms with van der Waals surface area (Å²) in [6.45, 7) is 6.38. The minimum Gasteiger partial charge on any atom is -0.477 e. The third-order valence-electron chi connectivity index (χ3n) is 7.18. The molecule has 0 saturated carbocycles. The van der Waals surface area contributed by atoms with Crippen LogP contribution in [0.3, 0.4) is 0 Å². The summed E-state index contributed by atoms with van der Waals surface area (Å²) in [5.74, 6) is -2.20. The fourth-order valence-corrected chi connectivity index (χ4v) is 6.90. The van der Waals surface area contributed by atoms with E-state index < -0.39 is 17.9 Å². The van der Waals surface area contributed by atoms with Gasteiger partial charge in [-0.1, -0.05) is 6.92 Å². The SMILES string of the molecule is C[C@@H](NC(=O)C1CNCCN1)[C@H]1C(=O)N2C(C(=O)O)=C(S[C@@H]3CN[C@H](C(=O)N(C)C)C3)[C@H](C)[C@H]12. The highest BCUT2D eigenvalue weighted by atomic mass is 32.2. The van der Waals surface area contributed by atoms with Gasteiger partial charge in [0.1, 0.15) is 5.70 Å². The first-order valence-electron chi connectivity index (χ1n) is 11.8. The van der Waals surface area contributed by atoms with Gasteiger partial charge in [-0.25, -0.2) is 4.79 Å². The van der Waals surface area contributed by atoms with Crippen LogP contribution in [0, 0.1) is 11.8 Å². The van der Waals surface area contributed by atoms with Gasteiger partial charge in [0.15, 0.2) is 0 Å². The lowest BCUT2D eigenvalue weighted by Crippen LogP contribution is -2.67. The standard InChI is InChI=1S/C22H34N6O5S/c1-10-16-15(11(2)26-19(29)14-9-23-5-6-24-14)21(31)28(16)17(22(32)33)18(10)34-12-7-13(25-8-12)20(30)27(3)4/h10-16,23-25H,5-9H2,1-4H3,(H,26,29)(H,32,33)/t10-,11-,12+,13+,14?,15-,16-/m1/s1. The monoisotopic (exact) mass is 494 g/mol. The van der Waals surface area contributed by atoms with Crippen molar-refractivity contribution in [3.05, 3.63) is 10.6 Å². The van der Waals surface area contributed by atoms with E-state index in [-0.39, 0.29) is 52.7 Å². The number of rotatable bonds is 7. The Labute approximate surface area is 203 Å². The molecule has 4 aliphatic rings. The van der Waals surface area contributed by atoms with E-state index in [9.17, 15) is 24.3 Å². The summed E-state index contributed by atoms with van der Waals surface area (Å²) in [4.78, 5) is 53.8. The number of hydrogen-bond acceptors (Lipinski definition) is 8.